The van der Waals surface area contributed by atoms with Crippen LogP contribution in [0.3, 0.4) is 0 Å². The Bertz CT molecular complexity index is 470. The molecule has 0 radical (unpaired) electrons. The van der Waals surface area contributed by atoms with E-state index in [1.165, 1.54) is 10.4 Å². The van der Waals surface area contributed by atoms with Crippen LogP contribution in [0.25, 0.3) is 0 Å². The van der Waals surface area contributed by atoms with Crippen molar-refractivity contribution in [1.82, 2.24) is 4.98 Å². The van der Waals surface area contributed by atoms with Gasteiger partial charge in [0.05, 0.1) is 11.5 Å². The number of aryl methyl sites for hydroxylation is 1. The van der Waals surface area contributed by atoms with Crippen molar-refractivity contribution in [1.29, 1.82) is 0 Å². The molecule has 19 heavy (non-hydrogen) atoms. The molecule has 4 heteroatoms. The van der Waals surface area contributed by atoms with Gasteiger partial charge in [0, 0.05) is 19.3 Å². The van der Waals surface area contributed by atoms with Crippen LogP contribution in [-0.2, 0) is 17.8 Å². The van der Waals surface area contributed by atoms with Gasteiger partial charge in [-0.1, -0.05) is 41.7 Å². The number of aromatic nitrogens is 1. The highest BCUT2D eigenvalue weighted by molar-refractivity contribution is 7.15. The maximum atomic E-state index is 5.68. The molecule has 0 unspecified atom stereocenters. The first-order chi connectivity index (χ1) is 9.38. The summed E-state index contributed by atoms with van der Waals surface area (Å²) in [5.74, 6) is 0. The van der Waals surface area contributed by atoms with E-state index in [0.29, 0.717) is 6.61 Å². The van der Waals surface area contributed by atoms with Crippen LogP contribution in [0.4, 0.5) is 5.13 Å². The van der Waals surface area contributed by atoms with Gasteiger partial charge in [-0.3, -0.25) is 0 Å². The van der Waals surface area contributed by atoms with Crippen LogP contribution < -0.4 is 5.32 Å². The topological polar surface area (TPSA) is 34.2 Å². The van der Waals surface area contributed by atoms with Gasteiger partial charge in [-0.05, 0) is 25.3 Å². The molecular formula is C15H20N2OS. The zero-order chi connectivity index (χ0) is 13.3. The summed E-state index contributed by atoms with van der Waals surface area (Å²) in [4.78, 5) is 5.46. The van der Waals surface area contributed by atoms with Crippen molar-refractivity contribution in [2.75, 3.05) is 18.5 Å². The minimum atomic E-state index is 0.665. The molecule has 0 aliphatic heterocycles. The lowest BCUT2D eigenvalue weighted by Gasteiger charge is -2.02. The van der Waals surface area contributed by atoms with Crippen LogP contribution in [0.2, 0.25) is 0 Å². The molecule has 0 amide bonds. The van der Waals surface area contributed by atoms with Gasteiger partial charge < -0.3 is 10.1 Å². The third-order valence-corrected chi connectivity index (χ3v) is 3.65. The van der Waals surface area contributed by atoms with Crippen LogP contribution in [0, 0.1) is 0 Å². The lowest BCUT2D eigenvalue weighted by molar-refractivity contribution is 0.120. The second kappa shape index (κ2) is 7.92. The fourth-order valence-electron chi connectivity index (χ4n) is 1.80. The molecule has 0 aliphatic carbocycles. The first-order valence-corrected chi connectivity index (χ1v) is 7.50. The summed E-state index contributed by atoms with van der Waals surface area (Å²) in [6.07, 6.45) is 4.02. The van der Waals surface area contributed by atoms with Crippen LogP contribution in [-0.4, -0.2) is 18.1 Å². The van der Waals surface area contributed by atoms with Gasteiger partial charge >= 0.3 is 0 Å². The van der Waals surface area contributed by atoms with E-state index in [-0.39, 0.29) is 0 Å². The average Bonchev–Trinajstić information content (AvgIpc) is 2.88. The van der Waals surface area contributed by atoms with Gasteiger partial charge in [-0.2, -0.15) is 0 Å². The van der Waals surface area contributed by atoms with Gasteiger partial charge in [0.25, 0.3) is 0 Å². The molecule has 2 rings (SSSR count). The van der Waals surface area contributed by atoms with Crippen molar-refractivity contribution in [3.8, 4) is 0 Å². The van der Waals surface area contributed by atoms with Crippen molar-refractivity contribution < 1.29 is 4.74 Å². The van der Waals surface area contributed by atoms with Gasteiger partial charge in [0.2, 0.25) is 0 Å². The predicted molar refractivity (Wildman–Crippen MR) is 80.7 cm³/mol. The number of nitrogens with zero attached hydrogens (tertiary/aromatic N) is 1. The van der Waals surface area contributed by atoms with Gasteiger partial charge in [0.1, 0.15) is 0 Å². The predicted octanol–water partition coefficient (Wildman–Crippen LogP) is 3.72. The number of anilines is 1. The van der Waals surface area contributed by atoms with E-state index in [1.54, 1.807) is 11.3 Å². The van der Waals surface area contributed by atoms with E-state index in [1.807, 2.05) is 12.3 Å². The molecule has 0 fully saturated rings. The minimum Gasteiger partial charge on any atom is -0.376 e. The summed E-state index contributed by atoms with van der Waals surface area (Å²) in [5.41, 5.74) is 1.37. The first-order valence-electron chi connectivity index (χ1n) is 6.68. The first kappa shape index (κ1) is 14.0. The molecule has 3 nitrogen and oxygen atoms in total. The van der Waals surface area contributed by atoms with Crippen molar-refractivity contribution in [2.24, 2.45) is 0 Å². The highest BCUT2D eigenvalue weighted by Gasteiger charge is 2.00. The lowest BCUT2D eigenvalue weighted by Crippen LogP contribution is -1.96. The smallest absolute Gasteiger partial charge is 0.182 e. The van der Waals surface area contributed by atoms with Crippen molar-refractivity contribution in [3.63, 3.8) is 0 Å². The maximum absolute atomic E-state index is 5.68. The Kier molecular flexibility index (Phi) is 5.85. The zero-order valence-corrected chi connectivity index (χ0v) is 12.1. The third kappa shape index (κ3) is 5.01. The van der Waals surface area contributed by atoms with Crippen molar-refractivity contribution in [3.05, 3.63) is 47.0 Å². The van der Waals surface area contributed by atoms with E-state index in [4.69, 9.17) is 4.74 Å². The number of hydrogen-bond donors (Lipinski definition) is 1. The molecule has 1 heterocycles. The standard InChI is InChI=1S/C15H20N2OS/c1-2-16-15-17-11-14(19-15)12-18-10-6-9-13-7-4-3-5-8-13/h3-5,7-8,11H,2,6,9-10,12H2,1H3,(H,16,17). The second-order valence-electron chi connectivity index (χ2n) is 4.30. The SMILES string of the molecule is CCNc1ncc(COCCCc2ccccc2)s1. The van der Waals surface area contributed by atoms with E-state index in [2.05, 4.69) is 41.5 Å². The van der Waals surface area contributed by atoms with E-state index >= 15 is 0 Å². The Labute approximate surface area is 118 Å². The van der Waals surface area contributed by atoms with Crippen LogP contribution >= 0.6 is 11.3 Å². The third-order valence-electron chi connectivity index (χ3n) is 2.72. The summed E-state index contributed by atoms with van der Waals surface area (Å²) in [7, 11) is 0. The number of thiazole rings is 1. The Morgan fingerprint density at radius 3 is 2.89 bits per heavy atom. The number of nitrogens with one attached hydrogen (secondary N) is 1. The number of rotatable bonds is 8. The van der Waals surface area contributed by atoms with Crippen molar-refractivity contribution >= 4 is 16.5 Å². The summed E-state index contributed by atoms with van der Waals surface area (Å²) in [6, 6.07) is 10.5. The van der Waals surface area contributed by atoms with Gasteiger partial charge in [0.15, 0.2) is 5.13 Å². The molecule has 0 saturated heterocycles. The minimum absolute atomic E-state index is 0.665. The monoisotopic (exact) mass is 276 g/mol. The summed E-state index contributed by atoms with van der Waals surface area (Å²) in [6.45, 7) is 4.44. The van der Waals surface area contributed by atoms with Gasteiger partial charge in [-0.25, -0.2) is 4.98 Å². The molecule has 0 spiro atoms. The number of ether oxygens (including phenoxy) is 1. The molecule has 102 valence electrons. The Morgan fingerprint density at radius 2 is 2.11 bits per heavy atom. The number of hydrogen-bond acceptors (Lipinski definition) is 4. The Morgan fingerprint density at radius 1 is 1.26 bits per heavy atom. The van der Waals surface area contributed by atoms with Crippen LogP contribution in [0.1, 0.15) is 23.8 Å². The fourth-order valence-corrected chi connectivity index (χ4v) is 2.62. The second-order valence-corrected chi connectivity index (χ2v) is 5.42. The molecule has 1 aromatic heterocycles. The molecular weight excluding hydrogens is 256 g/mol. The quantitative estimate of drug-likeness (QED) is 0.746. The Hall–Kier alpha value is -1.39. The summed E-state index contributed by atoms with van der Waals surface area (Å²) in [5, 5.41) is 4.18. The highest BCUT2D eigenvalue weighted by atomic mass is 32.1. The lowest BCUT2D eigenvalue weighted by atomic mass is 10.1. The summed E-state index contributed by atoms with van der Waals surface area (Å²) < 4.78 is 5.68. The normalized spacial score (nSPS) is 10.6. The molecule has 1 N–H and O–H groups in total. The molecule has 0 atom stereocenters. The fraction of sp³-hybridized carbons (Fsp3) is 0.400. The Balaban J connectivity index is 1.61. The largest absolute Gasteiger partial charge is 0.376 e. The maximum Gasteiger partial charge on any atom is 0.182 e. The van der Waals surface area contributed by atoms with Crippen LogP contribution in [0.5, 0.6) is 0 Å². The van der Waals surface area contributed by atoms with E-state index in [0.717, 1.165) is 31.1 Å². The van der Waals surface area contributed by atoms with E-state index in [9.17, 15) is 0 Å². The highest BCUT2D eigenvalue weighted by Crippen LogP contribution is 2.18. The van der Waals surface area contributed by atoms with Crippen molar-refractivity contribution in [2.45, 2.75) is 26.4 Å². The summed E-state index contributed by atoms with van der Waals surface area (Å²) >= 11 is 1.66. The number of benzene rings is 1. The molecule has 1 aromatic carbocycles. The molecule has 0 aliphatic rings. The zero-order valence-electron chi connectivity index (χ0n) is 11.3. The average molecular weight is 276 g/mol. The van der Waals surface area contributed by atoms with Crippen LogP contribution in [0.15, 0.2) is 36.5 Å². The molecule has 0 saturated carbocycles. The van der Waals surface area contributed by atoms with Gasteiger partial charge in [-0.15, -0.1) is 0 Å². The molecule has 2 aromatic rings. The molecule has 0 bridgehead atoms. The van der Waals surface area contributed by atoms with E-state index < -0.39 is 0 Å².